The summed E-state index contributed by atoms with van der Waals surface area (Å²) < 4.78 is 10.8. The lowest BCUT2D eigenvalue weighted by molar-refractivity contribution is -0.140. The van der Waals surface area contributed by atoms with E-state index in [-0.39, 0.29) is 24.6 Å². The van der Waals surface area contributed by atoms with Crippen molar-refractivity contribution in [2.75, 3.05) is 6.79 Å². The number of nitrogens with one attached hydrogen (secondary N) is 1. The molecule has 0 aromatic heterocycles. The molecule has 30 heavy (non-hydrogen) atoms. The second-order valence-electron chi connectivity index (χ2n) is 8.04. The smallest absolute Gasteiger partial charge is 0.242 e. The predicted molar refractivity (Wildman–Crippen MR) is 115 cm³/mol. The van der Waals surface area contributed by atoms with Crippen LogP contribution in [-0.2, 0) is 22.6 Å². The number of carbonyl (C=O) groups is 2. The van der Waals surface area contributed by atoms with Gasteiger partial charge in [0.15, 0.2) is 11.5 Å². The largest absolute Gasteiger partial charge is 0.454 e. The minimum Gasteiger partial charge on any atom is -0.454 e. The Morgan fingerprint density at radius 3 is 2.53 bits per heavy atom. The molecule has 0 saturated carbocycles. The van der Waals surface area contributed by atoms with E-state index in [0.29, 0.717) is 25.1 Å². The number of carbonyl (C=O) groups excluding carboxylic acids is 2. The molecule has 0 radical (unpaired) electrons. The molecule has 1 atom stereocenters. The van der Waals surface area contributed by atoms with Crippen molar-refractivity contribution >= 4 is 11.8 Å². The van der Waals surface area contributed by atoms with Gasteiger partial charge in [0, 0.05) is 19.0 Å². The Labute approximate surface area is 178 Å². The zero-order chi connectivity index (χ0) is 21.7. The van der Waals surface area contributed by atoms with Gasteiger partial charge in [-0.05, 0) is 57.4 Å². The molecule has 2 aromatic carbocycles. The number of hydrogen-bond donors (Lipinski definition) is 1. The molecule has 0 fully saturated rings. The molecule has 1 unspecified atom stereocenters. The van der Waals surface area contributed by atoms with Crippen molar-refractivity contribution in [2.45, 2.75) is 59.2 Å². The molecule has 0 saturated heterocycles. The number of benzene rings is 2. The number of ether oxygens (including phenoxy) is 2. The molecular formula is C24H30N2O4. The van der Waals surface area contributed by atoms with Gasteiger partial charge in [-0.1, -0.05) is 35.9 Å². The number of nitrogens with zero attached hydrogens (tertiary/aromatic N) is 1. The molecular weight excluding hydrogens is 380 g/mol. The number of fused-ring (bicyclic) bond motifs is 1. The van der Waals surface area contributed by atoms with Gasteiger partial charge in [0.25, 0.3) is 0 Å². The predicted octanol–water partition coefficient (Wildman–Crippen LogP) is 3.60. The van der Waals surface area contributed by atoms with Gasteiger partial charge in [-0.2, -0.15) is 0 Å². The van der Waals surface area contributed by atoms with Crippen LogP contribution in [0, 0.1) is 6.92 Å². The molecule has 1 N–H and O–H groups in total. The lowest BCUT2D eigenvalue weighted by Crippen LogP contribution is -2.49. The molecule has 6 heteroatoms. The lowest BCUT2D eigenvalue weighted by Gasteiger charge is -2.29. The molecule has 6 nitrogen and oxygen atoms in total. The summed E-state index contributed by atoms with van der Waals surface area (Å²) in [4.78, 5) is 27.5. The van der Waals surface area contributed by atoms with Gasteiger partial charge in [0.2, 0.25) is 18.6 Å². The zero-order valence-corrected chi connectivity index (χ0v) is 18.1. The van der Waals surface area contributed by atoms with Gasteiger partial charge in [-0.15, -0.1) is 0 Å². The van der Waals surface area contributed by atoms with Crippen LogP contribution in [0.15, 0.2) is 42.5 Å². The van der Waals surface area contributed by atoms with Gasteiger partial charge in [-0.25, -0.2) is 0 Å². The average molecular weight is 411 g/mol. The van der Waals surface area contributed by atoms with Crippen LogP contribution in [0.1, 0.15) is 43.9 Å². The fourth-order valence-corrected chi connectivity index (χ4v) is 3.49. The van der Waals surface area contributed by atoms with Crippen LogP contribution in [0.2, 0.25) is 0 Å². The Hall–Kier alpha value is -3.02. The first kappa shape index (κ1) is 21.7. The molecule has 0 bridgehead atoms. The highest BCUT2D eigenvalue weighted by atomic mass is 16.7. The van der Waals surface area contributed by atoms with Crippen LogP contribution < -0.4 is 14.8 Å². The summed E-state index contributed by atoms with van der Waals surface area (Å²) in [6.07, 6.45) is 0.878. The standard InChI is InChI=1S/C24H30N2O4/c1-16(2)25-24(28)18(4)26(14-20-7-5-6-17(3)12-20)23(27)11-9-19-8-10-21-22(13-19)30-15-29-21/h5-8,10,12-13,16,18H,9,11,14-15H2,1-4H3,(H,25,28). The fraction of sp³-hybridized carbons (Fsp3) is 0.417. The van der Waals surface area contributed by atoms with Crippen LogP contribution in [-0.4, -0.2) is 35.6 Å². The summed E-state index contributed by atoms with van der Waals surface area (Å²) in [6.45, 7) is 8.25. The summed E-state index contributed by atoms with van der Waals surface area (Å²) in [5, 5.41) is 2.91. The van der Waals surface area contributed by atoms with Crippen molar-refractivity contribution in [3.63, 3.8) is 0 Å². The molecule has 0 spiro atoms. The maximum Gasteiger partial charge on any atom is 0.242 e. The van der Waals surface area contributed by atoms with Crippen LogP contribution in [0.5, 0.6) is 11.5 Å². The summed E-state index contributed by atoms with van der Waals surface area (Å²) >= 11 is 0. The number of amides is 2. The molecule has 1 aliphatic rings. The Kier molecular flexibility index (Phi) is 6.98. The van der Waals surface area contributed by atoms with E-state index in [1.165, 1.54) is 0 Å². The third-order valence-electron chi connectivity index (χ3n) is 5.10. The van der Waals surface area contributed by atoms with E-state index in [2.05, 4.69) is 5.32 Å². The summed E-state index contributed by atoms with van der Waals surface area (Å²) in [7, 11) is 0. The Morgan fingerprint density at radius 2 is 1.80 bits per heavy atom. The van der Waals surface area contributed by atoms with E-state index in [1.807, 2.05) is 63.2 Å². The lowest BCUT2D eigenvalue weighted by atomic mass is 10.1. The Morgan fingerprint density at radius 1 is 1.03 bits per heavy atom. The summed E-state index contributed by atoms with van der Waals surface area (Å²) in [6, 6.07) is 13.2. The molecule has 1 heterocycles. The minimum absolute atomic E-state index is 0.0181. The number of rotatable bonds is 8. The molecule has 0 aliphatic carbocycles. The van der Waals surface area contributed by atoms with Crippen molar-refractivity contribution in [3.05, 3.63) is 59.2 Å². The van der Waals surface area contributed by atoms with Crippen LogP contribution in [0.3, 0.4) is 0 Å². The molecule has 2 amide bonds. The van der Waals surface area contributed by atoms with Crippen molar-refractivity contribution in [2.24, 2.45) is 0 Å². The highest BCUT2D eigenvalue weighted by Crippen LogP contribution is 2.32. The van der Waals surface area contributed by atoms with Crippen LogP contribution in [0.25, 0.3) is 0 Å². The van der Waals surface area contributed by atoms with Crippen LogP contribution >= 0.6 is 0 Å². The SMILES string of the molecule is Cc1cccc(CN(C(=O)CCc2ccc3c(c2)OCO3)C(C)C(=O)NC(C)C)c1. The second kappa shape index (κ2) is 9.65. The van der Waals surface area contributed by atoms with E-state index in [1.54, 1.807) is 11.8 Å². The van der Waals surface area contributed by atoms with Gasteiger partial charge < -0.3 is 19.7 Å². The van der Waals surface area contributed by atoms with Gasteiger partial charge >= 0.3 is 0 Å². The van der Waals surface area contributed by atoms with Gasteiger partial charge in [-0.3, -0.25) is 9.59 Å². The van der Waals surface area contributed by atoms with Gasteiger partial charge in [0.05, 0.1) is 0 Å². The third kappa shape index (κ3) is 5.53. The highest BCUT2D eigenvalue weighted by molar-refractivity contribution is 5.87. The van der Waals surface area contributed by atoms with Crippen molar-refractivity contribution in [3.8, 4) is 11.5 Å². The maximum atomic E-state index is 13.2. The first-order valence-corrected chi connectivity index (χ1v) is 10.4. The van der Waals surface area contributed by atoms with E-state index in [4.69, 9.17) is 9.47 Å². The average Bonchev–Trinajstić information content (AvgIpc) is 3.17. The first-order chi connectivity index (χ1) is 14.3. The highest BCUT2D eigenvalue weighted by Gasteiger charge is 2.26. The normalized spacial score (nSPS) is 13.2. The number of hydrogen-bond acceptors (Lipinski definition) is 4. The molecule has 3 rings (SSSR count). The third-order valence-corrected chi connectivity index (χ3v) is 5.10. The van der Waals surface area contributed by atoms with Crippen molar-refractivity contribution < 1.29 is 19.1 Å². The zero-order valence-electron chi connectivity index (χ0n) is 18.1. The summed E-state index contributed by atoms with van der Waals surface area (Å²) in [5.74, 6) is 1.24. The van der Waals surface area contributed by atoms with Gasteiger partial charge in [0.1, 0.15) is 6.04 Å². The minimum atomic E-state index is -0.558. The fourth-order valence-electron chi connectivity index (χ4n) is 3.49. The maximum absolute atomic E-state index is 13.2. The molecule has 2 aromatic rings. The molecule has 160 valence electrons. The van der Waals surface area contributed by atoms with E-state index in [0.717, 1.165) is 22.4 Å². The Bertz CT molecular complexity index is 910. The van der Waals surface area contributed by atoms with E-state index in [9.17, 15) is 9.59 Å². The van der Waals surface area contributed by atoms with E-state index >= 15 is 0 Å². The second-order valence-corrected chi connectivity index (χ2v) is 8.04. The molecule has 1 aliphatic heterocycles. The topological polar surface area (TPSA) is 67.9 Å². The first-order valence-electron chi connectivity index (χ1n) is 10.4. The van der Waals surface area contributed by atoms with Crippen molar-refractivity contribution in [1.82, 2.24) is 10.2 Å². The number of aryl methyl sites for hydroxylation is 2. The van der Waals surface area contributed by atoms with E-state index < -0.39 is 6.04 Å². The monoisotopic (exact) mass is 410 g/mol. The van der Waals surface area contributed by atoms with Crippen LogP contribution in [0.4, 0.5) is 0 Å². The Balaban J connectivity index is 1.72. The summed E-state index contributed by atoms with van der Waals surface area (Å²) in [5.41, 5.74) is 3.14. The quantitative estimate of drug-likeness (QED) is 0.722. The van der Waals surface area contributed by atoms with Crippen molar-refractivity contribution in [1.29, 1.82) is 0 Å².